The highest BCUT2D eigenvalue weighted by atomic mass is 35.5. The number of hydrogen-bond donors (Lipinski definition) is 1. The normalized spacial score (nSPS) is 11.1. The molecule has 0 spiro atoms. The molecular weight excluding hydrogens is 409 g/mol. The first-order chi connectivity index (χ1) is 12.2. The SMILES string of the molecule is CCOC(=O)c1c(Sc2c(Cl)cccc2C#N)cc(C(F)(F)Cl)[nH]c1=O. The second kappa shape index (κ2) is 8.08. The summed E-state index contributed by atoms with van der Waals surface area (Å²) in [6.45, 7) is 1.51. The summed E-state index contributed by atoms with van der Waals surface area (Å²) in [5.41, 5.74) is -2.32. The first-order valence-electron chi connectivity index (χ1n) is 7.07. The summed E-state index contributed by atoms with van der Waals surface area (Å²) >= 11 is 11.8. The zero-order chi connectivity index (χ0) is 19.5. The van der Waals surface area contributed by atoms with Gasteiger partial charge in [0, 0.05) is 9.79 Å². The van der Waals surface area contributed by atoms with Crippen molar-refractivity contribution in [1.29, 1.82) is 5.26 Å². The molecule has 26 heavy (non-hydrogen) atoms. The Bertz CT molecular complexity index is 952. The van der Waals surface area contributed by atoms with Crippen molar-refractivity contribution in [2.24, 2.45) is 0 Å². The fourth-order valence-electron chi connectivity index (χ4n) is 1.98. The molecule has 0 atom stereocenters. The molecule has 0 bridgehead atoms. The Morgan fingerprint density at radius 3 is 2.73 bits per heavy atom. The Balaban J connectivity index is 2.69. The Morgan fingerprint density at radius 1 is 1.46 bits per heavy atom. The first kappa shape index (κ1) is 20.2. The molecule has 1 aromatic carbocycles. The van der Waals surface area contributed by atoms with Gasteiger partial charge in [-0.1, -0.05) is 29.4 Å². The van der Waals surface area contributed by atoms with Crippen molar-refractivity contribution in [2.75, 3.05) is 6.61 Å². The van der Waals surface area contributed by atoms with Gasteiger partial charge in [-0.25, -0.2) is 4.79 Å². The third-order valence-electron chi connectivity index (χ3n) is 3.08. The van der Waals surface area contributed by atoms with Crippen LogP contribution in [0.3, 0.4) is 0 Å². The summed E-state index contributed by atoms with van der Waals surface area (Å²) in [5.74, 6) is -0.994. The van der Waals surface area contributed by atoms with E-state index >= 15 is 0 Å². The number of benzene rings is 1. The topological polar surface area (TPSA) is 82.9 Å². The van der Waals surface area contributed by atoms with Crippen LogP contribution in [0.2, 0.25) is 5.02 Å². The molecule has 0 radical (unpaired) electrons. The number of pyridine rings is 1. The summed E-state index contributed by atoms with van der Waals surface area (Å²) in [6, 6.07) is 7.25. The molecule has 2 rings (SSSR count). The number of rotatable bonds is 5. The van der Waals surface area contributed by atoms with E-state index in [-0.39, 0.29) is 27.0 Å². The number of carbonyl (C=O) groups is 1. The number of carbonyl (C=O) groups excluding carboxylic acids is 1. The number of alkyl halides is 3. The van der Waals surface area contributed by atoms with Crippen LogP contribution in [0.15, 0.2) is 38.9 Å². The number of H-pyrrole nitrogens is 1. The van der Waals surface area contributed by atoms with Gasteiger partial charge in [0.05, 0.1) is 17.2 Å². The van der Waals surface area contributed by atoms with Crippen LogP contribution in [0, 0.1) is 11.3 Å². The van der Waals surface area contributed by atoms with Gasteiger partial charge in [-0.3, -0.25) is 4.79 Å². The number of halogens is 4. The van der Waals surface area contributed by atoms with Gasteiger partial charge in [-0.15, -0.1) is 0 Å². The van der Waals surface area contributed by atoms with Crippen LogP contribution in [0.4, 0.5) is 8.78 Å². The molecule has 1 aromatic heterocycles. The second-order valence-corrected chi connectivity index (χ2v) is 6.73. The average molecular weight is 419 g/mol. The van der Waals surface area contributed by atoms with Crippen LogP contribution in [0.1, 0.15) is 28.5 Å². The number of ether oxygens (including phenoxy) is 1. The van der Waals surface area contributed by atoms with Crippen molar-refractivity contribution in [3.05, 3.63) is 56.5 Å². The van der Waals surface area contributed by atoms with Crippen LogP contribution in [-0.2, 0) is 10.1 Å². The molecule has 5 nitrogen and oxygen atoms in total. The zero-order valence-electron chi connectivity index (χ0n) is 13.1. The number of aromatic amines is 1. The smallest absolute Gasteiger partial charge is 0.362 e. The third-order valence-corrected chi connectivity index (χ3v) is 4.90. The molecule has 0 aliphatic heterocycles. The Hall–Kier alpha value is -2.08. The van der Waals surface area contributed by atoms with Crippen LogP contribution in [0.5, 0.6) is 0 Å². The van der Waals surface area contributed by atoms with Crippen molar-refractivity contribution in [3.8, 4) is 6.07 Å². The van der Waals surface area contributed by atoms with Gasteiger partial charge in [-0.05, 0) is 36.7 Å². The lowest BCUT2D eigenvalue weighted by Crippen LogP contribution is -2.24. The van der Waals surface area contributed by atoms with E-state index in [1.54, 1.807) is 0 Å². The van der Waals surface area contributed by atoms with Crippen LogP contribution in [-0.4, -0.2) is 17.6 Å². The fourth-order valence-corrected chi connectivity index (χ4v) is 3.43. The maximum atomic E-state index is 13.5. The van der Waals surface area contributed by atoms with Crippen molar-refractivity contribution >= 4 is 40.9 Å². The van der Waals surface area contributed by atoms with Crippen molar-refractivity contribution in [2.45, 2.75) is 22.1 Å². The zero-order valence-corrected chi connectivity index (χ0v) is 15.4. The summed E-state index contributed by atoms with van der Waals surface area (Å²) < 4.78 is 31.7. The fraction of sp³-hybridized carbons (Fsp3) is 0.188. The maximum absolute atomic E-state index is 13.5. The summed E-state index contributed by atoms with van der Waals surface area (Å²) in [5, 5.41) is 5.49. The van der Waals surface area contributed by atoms with Gasteiger partial charge in [0.1, 0.15) is 17.3 Å². The number of esters is 1. The molecule has 0 aliphatic carbocycles. The maximum Gasteiger partial charge on any atom is 0.362 e. The summed E-state index contributed by atoms with van der Waals surface area (Å²) in [7, 11) is 0. The minimum atomic E-state index is -3.86. The van der Waals surface area contributed by atoms with Gasteiger partial charge in [0.15, 0.2) is 0 Å². The third kappa shape index (κ3) is 4.36. The molecule has 136 valence electrons. The highest BCUT2D eigenvalue weighted by molar-refractivity contribution is 7.99. The average Bonchev–Trinajstić information content (AvgIpc) is 2.55. The molecule has 0 amide bonds. The van der Waals surface area contributed by atoms with E-state index < -0.39 is 28.2 Å². The highest BCUT2D eigenvalue weighted by Crippen LogP contribution is 2.39. The molecule has 2 aromatic rings. The molecular formula is C16H10Cl2F2N2O3S. The number of nitrogens with one attached hydrogen (secondary N) is 1. The molecule has 0 unspecified atom stereocenters. The highest BCUT2D eigenvalue weighted by Gasteiger charge is 2.32. The largest absolute Gasteiger partial charge is 0.462 e. The monoisotopic (exact) mass is 418 g/mol. The predicted octanol–water partition coefficient (Wildman–Crippen LogP) is 4.52. The molecule has 0 saturated carbocycles. The molecule has 0 aliphatic rings. The van der Waals surface area contributed by atoms with Crippen LogP contribution < -0.4 is 5.56 Å². The van der Waals surface area contributed by atoms with Crippen LogP contribution >= 0.6 is 35.0 Å². The Kier molecular flexibility index (Phi) is 6.29. The van der Waals surface area contributed by atoms with E-state index in [0.29, 0.717) is 0 Å². The molecule has 0 fully saturated rings. The lowest BCUT2D eigenvalue weighted by atomic mass is 10.2. The van der Waals surface area contributed by atoms with E-state index in [2.05, 4.69) is 0 Å². The first-order valence-corrected chi connectivity index (χ1v) is 8.64. The van der Waals surface area contributed by atoms with E-state index in [4.69, 9.17) is 27.9 Å². The standard InChI is InChI=1S/C16H10Cl2F2N2O3S/c1-2-25-15(24)12-10(6-11(16(18,19)20)22-14(12)23)26-13-8(7-21)4-3-5-9(13)17/h3-6H,2H2,1H3,(H,22,23). The summed E-state index contributed by atoms with van der Waals surface area (Å²) in [4.78, 5) is 26.2. The lowest BCUT2D eigenvalue weighted by Gasteiger charge is -2.14. The predicted molar refractivity (Wildman–Crippen MR) is 93.1 cm³/mol. The molecule has 0 saturated heterocycles. The second-order valence-electron chi connectivity index (χ2n) is 4.80. The van der Waals surface area contributed by atoms with Gasteiger partial charge < -0.3 is 9.72 Å². The van der Waals surface area contributed by atoms with Gasteiger partial charge in [0.25, 0.3) is 5.56 Å². The summed E-state index contributed by atoms with van der Waals surface area (Å²) in [6.07, 6.45) is 0. The lowest BCUT2D eigenvalue weighted by molar-refractivity contribution is 0.0517. The Labute approximate surface area is 160 Å². The van der Waals surface area contributed by atoms with E-state index in [1.807, 2.05) is 11.1 Å². The van der Waals surface area contributed by atoms with E-state index in [1.165, 1.54) is 25.1 Å². The molecule has 1 heterocycles. The van der Waals surface area contributed by atoms with Crippen molar-refractivity contribution in [1.82, 2.24) is 4.98 Å². The minimum absolute atomic E-state index is 0.0225. The van der Waals surface area contributed by atoms with Gasteiger partial charge in [0.2, 0.25) is 0 Å². The van der Waals surface area contributed by atoms with Crippen molar-refractivity contribution < 1.29 is 18.3 Å². The number of nitriles is 1. The number of hydrogen-bond acceptors (Lipinski definition) is 5. The molecule has 10 heteroatoms. The van der Waals surface area contributed by atoms with Crippen LogP contribution in [0.25, 0.3) is 0 Å². The quantitative estimate of drug-likeness (QED) is 0.570. The van der Waals surface area contributed by atoms with E-state index in [0.717, 1.165) is 17.8 Å². The van der Waals surface area contributed by atoms with Gasteiger partial charge in [-0.2, -0.15) is 14.0 Å². The van der Waals surface area contributed by atoms with Gasteiger partial charge >= 0.3 is 11.4 Å². The van der Waals surface area contributed by atoms with Crippen molar-refractivity contribution in [3.63, 3.8) is 0 Å². The Morgan fingerprint density at radius 2 is 2.15 bits per heavy atom. The number of nitrogens with zero attached hydrogens (tertiary/aromatic N) is 1. The molecule has 1 N–H and O–H groups in total. The van der Waals surface area contributed by atoms with E-state index in [9.17, 15) is 23.6 Å². The number of aromatic nitrogens is 1. The minimum Gasteiger partial charge on any atom is -0.462 e.